The maximum Gasteiger partial charge on any atom is 0.306 e. The molecular weight excluding hydrogens is 925 g/mol. The van der Waals surface area contributed by atoms with Crippen LogP contribution < -0.4 is 0 Å². The van der Waals surface area contributed by atoms with Gasteiger partial charge in [-0.1, -0.05) is 164 Å². The van der Waals surface area contributed by atoms with Gasteiger partial charge in [-0.2, -0.15) is 0 Å². The van der Waals surface area contributed by atoms with E-state index in [4.69, 9.17) is 28.4 Å². The molecule has 0 aromatic heterocycles. The van der Waals surface area contributed by atoms with Crippen molar-refractivity contribution in [3.8, 4) is 0 Å². The summed E-state index contributed by atoms with van der Waals surface area (Å²) in [5.74, 6) is -1.01. The first kappa shape index (κ1) is 65.1. The number of unbranched alkanes of at least 4 members (excludes halogenated alkanes) is 17. The van der Waals surface area contributed by atoms with Crippen molar-refractivity contribution in [2.45, 2.75) is 248 Å². The predicted molar refractivity (Wildman–Crippen MR) is 279 cm³/mol. The minimum Gasteiger partial charge on any atom is -0.462 e. The number of hydrogen-bond acceptors (Lipinski definition) is 15. The van der Waals surface area contributed by atoms with Gasteiger partial charge in [0.25, 0.3) is 0 Å². The zero-order valence-electron chi connectivity index (χ0n) is 43.9. The number of carbonyl (C=O) groups is 2. The highest BCUT2D eigenvalue weighted by Gasteiger charge is 2.47. The van der Waals surface area contributed by atoms with Crippen LogP contribution in [0.15, 0.2) is 72.9 Å². The number of hydrogen-bond donors (Lipinski definition) is 7. The van der Waals surface area contributed by atoms with E-state index in [1.54, 1.807) is 0 Å². The average molecular weight is 1020 g/mol. The van der Waals surface area contributed by atoms with Crippen molar-refractivity contribution in [3.63, 3.8) is 0 Å². The standard InChI is InChI=1S/C57H96O15/c1-3-5-7-9-11-13-15-17-19-20-21-22-23-24-26-27-29-31-33-35-37-39-48(59)67-42-45(70-49(60)40-38-36-34-32-30-28-25-18-16-14-12-10-8-6-4-2)43-68-56-55(66)53(64)51(62)47(72-56)44-69-57-54(65)52(63)50(61)46(41-58)71-57/h14,16,18-20,22-23,25-27,31,33,45-47,50-58,61-66H,3-13,15,17,21,24,28-30,32,34-44H2,1-2H3/b16-14+,20-19+,23-22+,25-18+,27-26+,33-31+/t45-,46+,47+,50-,51-,52?,53?,54?,55?,56+,57+/m0/s1. The van der Waals surface area contributed by atoms with Gasteiger partial charge in [0, 0.05) is 12.8 Å². The van der Waals surface area contributed by atoms with E-state index in [0.29, 0.717) is 19.3 Å². The van der Waals surface area contributed by atoms with Crippen LogP contribution in [0, 0.1) is 0 Å². The molecule has 15 heteroatoms. The molecule has 0 saturated carbocycles. The van der Waals surface area contributed by atoms with Gasteiger partial charge in [0.05, 0.1) is 19.8 Å². The Morgan fingerprint density at radius 1 is 0.458 bits per heavy atom. The molecule has 0 aliphatic carbocycles. The van der Waals surface area contributed by atoms with Gasteiger partial charge in [-0.25, -0.2) is 0 Å². The van der Waals surface area contributed by atoms with E-state index in [1.165, 1.54) is 70.6 Å². The molecule has 4 unspecified atom stereocenters. The van der Waals surface area contributed by atoms with Crippen LogP contribution >= 0.6 is 0 Å². The number of carbonyl (C=O) groups excluding carboxylic acids is 2. The van der Waals surface area contributed by atoms with E-state index in [0.717, 1.165) is 64.2 Å². The van der Waals surface area contributed by atoms with Crippen molar-refractivity contribution in [2.75, 3.05) is 26.4 Å². The molecular formula is C57H96O15. The number of rotatable bonds is 42. The summed E-state index contributed by atoms with van der Waals surface area (Å²) in [5.41, 5.74) is 0. The molecule has 0 radical (unpaired) electrons. The molecule has 2 aliphatic heterocycles. The molecule has 0 aromatic rings. The number of aliphatic hydroxyl groups excluding tert-OH is 7. The Morgan fingerprint density at radius 2 is 0.889 bits per heavy atom. The van der Waals surface area contributed by atoms with Crippen LogP contribution in [0.3, 0.4) is 0 Å². The Hall–Kier alpha value is -3.06. The summed E-state index contributed by atoms with van der Waals surface area (Å²) in [6, 6.07) is 0. The van der Waals surface area contributed by atoms with Crippen molar-refractivity contribution in [3.05, 3.63) is 72.9 Å². The molecule has 7 N–H and O–H groups in total. The van der Waals surface area contributed by atoms with Gasteiger partial charge in [0.2, 0.25) is 0 Å². The largest absolute Gasteiger partial charge is 0.462 e. The zero-order valence-corrected chi connectivity index (χ0v) is 43.9. The maximum atomic E-state index is 13.0. The van der Waals surface area contributed by atoms with Crippen molar-refractivity contribution in [1.29, 1.82) is 0 Å². The minimum atomic E-state index is -1.78. The number of esters is 2. The van der Waals surface area contributed by atoms with Crippen LogP contribution in [0.4, 0.5) is 0 Å². The fourth-order valence-corrected chi connectivity index (χ4v) is 8.14. The van der Waals surface area contributed by atoms with E-state index in [9.17, 15) is 45.3 Å². The summed E-state index contributed by atoms with van der Waals surface area (Å²) >= 11 is 0. The lowest BCUT2D eigenvalue weighted by molar-refractivity contribution is -0.332. The second kappa shape index (κ2) is 43.2. The smallest absolute Gasteiger partial charge is 0.306 e. The van der Waals surface area contributed by atoms with Gasteiger partial charge in [-0.15, -0.1) is 0 Å². The first-order valence-corrected chi connectivity index (χ1v) is 27.5. The summed E-state index contributed by atoms with van der Waals surface area (Å²) in [6.45, 7) is 2.49. The SMILES string of the molecule is CCCCCC/C=C/C=C/CCCCCCCC(=O)O[C@@H](COC(=O)CCC/C=C/C/C=C/C/C=C/C/C=C/CCCCCCCCC)CO[C@@H]1O[C@H](CO[C@@H]2O[C@H](CO)[C@H](O)C(O)C2O)[C@H](O)C(O)C1O. The number of aliphatic hydroxyl groups is 7. The van der Waals surface area contributed by atoms with E-state index >= 15 is 0 Å². The van der Waals surface area contributed by atoms with Gasteiger partial charge in [0.1, 0.15) is 55.4 Å². The Kier molecular flexibility index (Phi) is 39.0. The molecule has 2 saturated heterocycles. The highest BCUT2D eigenvalue weighted by molar-refractivity contribution is 5.70. The Labute approximate surface area is 432 Å². The summed E-state index contributed by atoms with van der Waals surface area (Å²) in [6.07, 6.45) is 35.0. The van der Waals surface area contributed by atoms with Gasteiger partial charge in [-0.3, -0.25) is 9.59 Å². The maximum absolute atomic E-state index is 13.0. The lowest BCUT2D eigenvalue weighted by atomic mass is 9.98. The van der Waals surface area contributed by atoms with Crippen LogP contribution in [0.2, 0.25) is 0 Å². The Bertz CT molecular complexity index is 1530. The number of ether oxygens (including phenoxy) is 6. The fourth-order valence-electron chi connectivity index (χ4n) is 8.14. The van der Waals surface area contributed by atoms with Crippen LogP contribution in [0.1, 0.15) is 181 Å². The molecule has 0 bridgehead atoms. The molecule has 2 rings (SSSR count). The lowest BCUT2D eigenvalue weighted by Gasteiger charge is -2.42. The molecule has 0 amide bonds. The normalized spacial score (nSPS) is 25.6. The molecule has 2 heterocycles. The fraction of sp³-hybridized carbons (Fsp3) is 0.754. The molecule has 72 heavy (non-hydrogen) atoms. The van der Waals surface area contributed by atoms with Gasteiger partial charge < -0.3 is 64.2 Å². The minimum absolute atomic E-state index is 0.132. The van der Waals surface area contributed by atoms with Crippen molar-refractivity contribution in [2.24, 2.45) is 0 Å². The number of allylic oxidation sites excluding steroid dienone is 12. The first-order valence-electron chi connectivity index (χ1n) is 27.5. The highest BCUT2D eigenvalue weighted by Crippen LogP contribution is 2.26. The van der Waals surface area contributed by atoms with E-state index in [-0.39, 0.29) is 19.4 Å². The van der Waals surface area contributed by atoms with Crippen LogP contribution in [0.5, 0.6) is 0 Å². The van der Waals surface area contributed by atoms with Gasteiger partial charge >= 0.3 is 11.9 Å². The third-order valence-electron chi connectivity index (χ3n) is 12.7. The van der Waals surface area contributed by atoms with Crippen molar-refractivity contribution in [1.82, 2.24) is 0 Å². The van der Waals surface area contributed by atoms with Crippen molar-refractivity contribution < 1.29 is 73.8 Å². The first-order chi connectivity index (χ1) is 35.0. The molecule has 0 aromatic carbocycles. The Morgan fingerprint density at radius 3 is 1.44 bits per heavy atom. The Balaban J connectivity index is 1.81. The van der Waals surface area contributed by atoms with E-state index in [2.05, 4.69) is 80.7 Å². The second-order valence-electron chi connectivity index (χ2n) is 19.1. The third-order valence-corrected chi connectivity index (χ3v) is 12.7. The molecule has 0 spiro atoms. The topological polar surface area (TPSA) is 231 Å². The molecule has 414 valence electrons. The summed E-state index contributed by atoms with van der Waals surface area (Å²) < 4.78 is 33.5. The molecule has 15 nitrogen and oxygen atoms in total. The van der Waals surface area contributed by atoms with Crippen LogP contribution in [-0.4, -0.2) is 142 Å². The zero-order chi connectivity index (χ0) is 52.4. The summed E-state index contributed by atoms with van der Waals surface area (Å²) in [4.78, 5) is 25.8. The average Bonchev–Trinajstić information content (AvgIpc) is 3.37. The summed E-state index contributed by atoms with van der Waals surface area (Å²) in [5, 5.41) is 72.2. The van der Waals surface area contributed by atoms with E-state index < -0.39 is 99.3 Å². The molecule has 2 fully saturated rings. The third kappa shape index (κ3) is 30.3. The quantitative estimate of drug-likeness (QED) is 0.0131. The summed E-state index contributed by atoms with van der Waals surface area (Å²) in [7, 11) is 0. The predicted octanol–water partition coefficient (Wildman–Crippen LogP) is 8.60. The molecule has 2 aliphatic rings. The molecule has 11 atom stereocenters. The van der Waals surface area contributed by atoms with E-state index in [1.807, 2.05) is 6.08 Å². The van der Waals surface area contributed by atoms with Gasteiger partial charge in [-0.05, 0) is 77.0 Å². The monoisotopic (exact) mass is 1020 g/mol. The highest BCUT2D eigenvalue weighted by atomic mass is 16.7. The lowest BCUT2D eigenvalue weighted by Crippen LogP contribution is -2.61. The van der Waals surface area contributed by atoms with Crippen LogP contribution in [-0.2, 0) is 38.0 Å². The van der Waals surface area contributed by atoms with Crippen LogP contribution in [0.25, 0.3) is 0 Å². The second-order valence-corrected chi connectivity index (χ2v) is 19.1. The van der Waals surface area contributed by atoms with Crippen molar-refractivity contribution >= 4 is 11.9 Å². The van der Waals surface area contributed by atoms with Gasteiger partial charge in [0.15, 0.2) is 18.7 Å².